The van der Waals surface area contributed by atoms with E-state index in [-0.39, 0.29) is 0 Å². The van der Waals surface area contributed by atoms with Gasteiger partial charge in [-0.25, -0.2) is 0 Å². The standard InChI is InChI=1S/C16H16Se2/c1-2-14(18-16-11-7-4-8-12-16)13-17-15-9-5-3-6-10-15/h3-13H,2H2,1H3/b14-13+. The van der Waals surface area contributed by atoms with Crippen LogP contribution in [0, 0.1) is 0 Å². The van der Waals surface area contributed by atoms with Crippen LogP contribution >= 0.6 is 0 Å². The SMILES string of the molecule is CC/C(=C\[Se]c1ccccc1)[Se]c1ccccc1. The molecule has 2 heteroatoms. The Morgan fingerprint density at radius 2 is 1.44 bits per heavy atom. The van der Waals surface area contributed by atoms with Crippen molar-refractivity contribution >= 4 is 38.8 Å². The summed E-state index contributed by atoms with van der Waals surface area (Å²) in [5.74, 6) is 0. The molecule has 0 spiro atoms. The molecule has 0 aliphatic rings. The van der Waals surface area contributed by atoms with Crippen LogP contribution in [0.3, 0.4) is 0 Å². The van der Waals surface area contributed by atoms with Crippen LogP contribution in [-0.2, 0) is 0 Å². The third-order valence-corrected chi connectivity index (χ3v) is 7.62. The van der Waals surface area contributed by atoms with E-state index in [1.54, 1.807) is 4.47 Å². The predicted molar refractivity (Wildman–Crippen MR) is 82.0 cm³/mol. The summed E-state index contributed by atoms with van der Waals surface area (Å²) in [6.45, 7) is 2.26. The van der Waals surface area contributed by atoms with Gasteiger partial charge >= 0.3 is 122 Å². The first-order valence-electron chi connectivity index (χ1n) is 6.02. The first-order chi connectivity index (χ1) is 8.88. The number of hydrogen-bond acceptors (Lipinski definition) is 0. The van der Waals surface area contributed by atoms with E-state index in [1.807, 2.05) is 0 Å². The second-order valence-corrected chi connectivity index (χ2v) is 8.28. The van der Waals surface area contributed by atoms with E-state index >= 15 is 0 Å². The second-order valence-electron chi connectivity index (χ2n) is 3.78. The summed E-state index contributed by atoms with van der Waals surface area (Å²) in [5, 5.41) is 0. The summed E-state index contributed by atoms with van der Waals surface area (Å²) in [6.07, 6.45) is 1.17. The Labute approximate surface area is 122 Å². The van der Waals surface area contributed by atoms with Crippen molar-refractivity contribution in [2.45, 2.75) is 13.3 Å². The number of rotatable bonds is 5. The Morgan fingerprint density at radius 3 is 2.00 bits per heavy atom. The fourth-order valence-electron chi connectivity index (χ4n) is 1.45. The Hall–Kier alpha value is -0.781. The molecule has 0 aliphatic heterocycles. The molecule has 0 bridgehead atoms. The molecule has 0 amide bonds. The average molecular weight is 366 g/mol. The van der Waals surface area contributed by atoms with E-state index in [0.29, 0.717) is 29.9 Å². The minimum atomic E-state index is 0.475. The maximum absolute atomic E-state index is 2.47. The molecule has 0 unspecified atom stereocenters. The van der Waals surface area contributed by atoms with Crippen molar-refractivity contribution in [2.75, 3.05) is 0 Å². The van der Waals surface area contributed by atoms with Gasteiger partial charge < -0.3 is 0 Å². The van der Waals surface area contributed by atoms with Crippen molar-refractivity contribution < 1.29 is 0 Å². The van der Waals surface area contributed by atoms with Crippen LogP contribution < -0.4 is 8.92 Å². The van der Waals surface area contributed by atoms with E-state index in [0.717, 1.165) is 0 Å². The summed E-state index contributed by atoms with van der Waals surface area (Å²) in [7, 11) is 0. The molecule has 0 aromatic heterocycles. The van der Waals surface area contributed by atoms with Gasteiger partial charge in [0, 0.05) is 0 Å². The molecule has 2 aromatic rings. The third kappa shape index (κ3) is 4.48. The summed E-state index contributed by atoms with van der Waals surface area (Å²) >= 11 is 0.968. The zero-order chi connectivity index (χ0) is 12.6. The van der Waals surface area contributed by atoms with Gasteiger partial charge in [0.2, 0.25) is 0 Å². The monoisotopic (exact) mass is 368 g/mol. The van der Waals surface area contributed by atoms with Crippen molar-refractivity contribution in [3.63, 3.8) is 0 Å². The topological polar surface area (TPSA) is 0 Å². The fraction of sp³-hybridized carbons (Fsp3) is 0.125. The van der Waals surface area contributed by atoms with Crippen LogP contribution in [-0.4, -0.2) is 29.9 Å². The van der Waals surface area contributed by atoms with Crippen LogP contribution in [0.1, 0.15) is 13.3 Å². The average Bonchev–Trinajstić information content (AvgIpc) is 2.45. The van der Waals surface area contributed by atoms with Crippen LogP contribution in [0.15, 0.2) is 70.1 Å². The Morgan fingerprint density at radius 1 is 0.889 bits per heavy atom. The first kappa shape index (κ1) is 13.6. The molecule has 0 saturated carbocycles. The quantitative estimate of drug-likeness (QED) is 0.713. The molecular formula is C16H16Se2. The van der Waals surface area contributed by atoms with E-state index in [9.17, 15) is 0 Å². The summed E-state index contributed by atoms with van der Waals surface area (Å²) in [4.78, 5) is 2.47. The first-order valence-corrected chi connectivity index (χ1v) is 9.58. The minimum absolute atomic E-state index is 0.475. The predicted octanol–water partition coefficient (Wildman–Crippen LogP) is 2.30. The Kier molecular flexibility index (Phi) is 5.77. The van der Waals surface area contributed by atoms with Gasteiger partial charge in [-0.05, 0) is 0 Å². The van der Waals surface area contributed by atoms with Crippen molar-refractivity contribution in [1.82, 2.24) is 0 Å². The molecule has 18 heavy (non-hydrogen) atoms. The molecule has 0 fully saturated rings. The molecule has 0 nitrogen and oxygen atoms in total. The Balaban J connectivity index is 2.00. The van der Waals surface area contributed by atoms with Gasteiger partial charge in [-0.15, -0.1) is 0 Å². The summed E-state index contributed by atoms with van der Waals surface area (Å²) < 4.78 is 4.54. The van der Waals surface area contributed by atoms with E-state index in [2.05, 4.69) is 72.6 Å². The fourth-order valence-corrected chi connectivity index (χ4v) is 5.73. The summed E-state index contributed by atoms with van der Waals surface area (Å²) in [5.41, 5.74) is 0. The molecule has 0 atom stereocenters. The molecule has 92 valence electrons. The summed E-state index contributed by atoms with van der Waals surface area (Å²) in [6, 6.07) is 21.6. The van der Waals surface area contributed by atoms with Crippen LogP contribution in [0.5, 0.6) is 0 Å². The number of hydrogen-bond donors (Lipinski definition) is 0. The second kappa shape index (κ2) is 7.61. The van der Waals surface area contributed by atoms with Crippen molar-refractivity contribution in [1.29, 1.82) is 0 Å². The van der Waals surface area contributed by atoms with Crippen molar-refractivity contribution in [2.24, 2.45) is 0 Å². The number of benzene rings is 2. The van der Waals surface area contributed by atoms with Crippen molar-refractivity contribution in [3.8, 4) is 0 Å². The molecule has 0 heterocycles. The Bertz CT molecular complexity index is 489. The van der Waals surface area contributed by atoms with Crippen LogP contribution in [0.2, 0.25) is 0 Å². The van der Waals surface area contributed by atoms with E-state index < -0.39 is 0 Å². The maximum atomic E-state index is 2.47. The molecule has 0 radical (unpaired) electrons. The van der Waals surface area contributed by atoms with Crippen LogP contribution in [0.4, 0.5) is 0 Å². The van der Waals surface area contributed by atoms with Gasteiger partial charge in [0.05, 0.1) is 0 Å². The molecule has 2 aromatic carbocycles. The van der Waals surface area contributed by atoms with Gasteiger partial charge in [0.1, 0.15) is 0 Å². The van der Waals surface area contributed by atoms with Crippen LogP contribution in [0.25, 0.3) is 0 Å². The molecule has 2 rings (SSSR count). The molecular weight excluding hydrogens is 350 g/mol. The molecule has 0 aliphatic carbocycles. The number of allylic oxidation sites excluding steroid dienone is 1. The van der Waals surface area contributed by atoms with Crippen molar-refractivity contribution in [3.05, 3.63) is 70.1 Å². The van der Waals surface area contributed by atoms with Gasteiger partial charge in [-0.3, -0.25) is 0 Å². The van der Waals surface area contributed by atoms with Gasteiger partial charge in [-0.1, -0.05) is 0 Å². The molecule has 0 saturated heterocycles. The zero-order valence-corrected chi connectivity index (χ0v) is 13.8. The van der Waals surface area contributed by atoms with Gasteiger partial charge in [-0.2, -0.15) is 0 Å². The van der Waals surface area contributed by atoms with Gasteiger partial charge in [0.25, 0.3) is 0 Å². The third-order valence-electron chi connectivity index (χ3n) is 2.41. The normalized spacial score (nSPS) is 11.5. The van der Waals surface area contributed by atoms with E-state index in [4.69, 9.17) is 0 Å². The molecule has 0 N–H and O–H groups in total. The van der Waals surface area contributed by atoms with E-state index in [1.165, 1.54) is 15.3 Å². The zero-order valence-electron chi connectivity index (χ0n) is 10.4. The van der Waals surface area contributed by atoms with Gasteiger partial charge in [0.15, 0.2) is 0 Å².